The van der Waals surface area contributed by atoms with E-state index in [-0.39, 0.29) is 12.5 Å². The van der Waals surface area contributed by atoms with Crippen molar-refractivity contribution in [2.45, 2.75) is 20.3 Å². The van der Waals surface area contributed by atoms with E-state index in [1.54, 1.807) is 0 Å². The second-order valence-electron chi connectivity index (χ2n) is 7.28. The number of nitrogens with zero attached hydrogens (tertiary/aromatic N) is 2. The molecule has 6 nitrogen and oxygen atoms in total. The summed E-state index contributed by atoms with van der Waals surface area (Å²) in [5.74, 6) is 1.55. The van der Waals surface area contributed by atoms with Gasteiger partial charge in [0.15, 0.2) is 6.61 Å². The molecule has 3 aromatic carbocycles. The van der Waals surface area contributed by atoms with Gasteiger partial charge in [0.2, 0.25) is 11.8 Å². The van der Waals surface area contributed by atoms with Gasteiger partial charge in [0.1, 0.15) is 5.75 Å². The first-order valence-electron chi connectivity index (χ1n) is 10.0. The zero-order valence-electron chi connectivity index (χ0n) is 17.5. The molecule has 1 amide bonds. The van der Waals surface area contributed by atoms with Gasteiger partial charge in [-0.25, -0.2) is 0 Å². The van der Waals surface area contributed by atoms with E-state index in [4.69, 9.17) is 9.15 Å². The third-order valence-electron chi connectivity index (χ3n) is 4.99. The van der Waals surface area contributed by atoms with Crippen molar-refractivity contribution >= 4 is 11.6 Å². The number of aromatic nitrogens is 2. The van der Waals surface area contributed by atoms with Crippen LogP contribution in [-0.4, -0.2) is 22.7 Å². The van der Waals surface area contributed by atoms with Crippen molar-refractivity contribution in [3.63, 3.8) is 0 Å². The Bertz CT molecular complexity index is 1170. The lowest BCUT2D eigenvalue weighted by atomic mass is 10.1. The quantitative estimate of drug-likeness (QED) is 0.463. The summed E-state index contributed by atoms with van der Waals surface area (Å²) in [6.07, 6.45) is 0.518. The van der Waals surface area contributed by atoms with Crippen LogP contribution in [0.1, 0.15) is 22.6 Å². The predicted molar refractivity (Wildman–Crippen MR) is 119 cm³/mol. The van der Waals surface area contributed by atoms with Crippen molar-refractivity contribution in [2.24, 2.45) is 0 Å². The molecule has 0 atom stereocenters. The summed E-state index contributed by atoms with van der Waals surface area (Å²) in [6.45, 7) is 3.95. The zero-order valence-corrected chi connectivity index (χ0v) is 17.5. The van der Waals surface area contributed by atoms with E-state index in [2.05, 4.69) is 15.5 Å². The lowest BCUT2D eigenvalue weighted by molar-refractivity contribution is -0.118. The van der Waals surface area contributed by atoms with Crippen LogP contribution in [0.4, 0.5) is 5.69 Å². The van der Waals surface area contributed by atoms with Gasteiger partial charge >= 0.3 is 0 Å². The van der Waals surface area contributed by atoms with E-state index in [0.717, 1.165) is 28.0 Å². The van der Waals surface area contributed by atoms with Crippen LogP contribution in [0, 0.1) is 13.8 Å². The molecule has 0 fully saturated rings. The van der Waals surface area contributed by atoms with E-state index in [0.29, 0.717) is 23.9 Å². The van der Waals surface area contributed by atoms with Gasteiger partial charge in [-0.05, 0) is 60.9 Å². The van der Waals surface area contributed by atoms with Gasteiger partial charge in [-0.15, -0.1) is 10.2 Å². The van der Waals surface area contributed by atoms with E-state index < -0.39 is 0 Å². The van der Waals surface area contributed by atoms with E-state index >= 15 is 0 Å². The molecule has 0 spiro atoms. The third kappa shape index (κ3) is 5.17. The number of benzene rings is 3. The molecule has 0 bridgehead atoms. The molecule has 6 heteroatoms. The average molecular weight is 413 g/mol. The second kappa shape index (κ2) is 9.26. The largest absolute Gasteiger partial charge is 0.483 e. The van der Waals surface area contributed by atoms with Crippen LogP contribution in [-0.2, 0) is 11.2 Å². The monoisotopic (exact) mass is 413 g/mol. The highest BCUT2D eigenvalue weighted by Crippen LogP contribution is 2.21. The zero-order chi connectivity index (χ0) is 21.6. The second-order valence-corrected chi connectivity index (χ2v) is 7.28. The Kier molecular flexibility index (Phi) is 6.08. The first-order valence-corrected chi connectivity index (χ1v) is 10.0. The SMILES string of the molecule is Cc1cccc(OCC(=O)Nc2ccc(Cc3nnc(-c4ccccc4)o3)cc2)c1C. The van der Waals surface area contributed by atoms with E-state index in [1.165, 1.54) is 0 Å². The van der Waals surface area contributed by atoms with Gasteiger partial charge in [0, 0.05) is 11.3 Å². The number of ether oxygens (including phenoxy) is 1. The van der Waals surface area contributed by atoms with E-state index in [9.17, 15) is 4.79 Å². The molecule has 1 heterocycles. The number of amides is 1. The minimum atomic E-state index is -0.210. The number of rotatable bonds is 7. The molecule has 1 N–H and O–H groups in total. The summed E-state index contributed by atoms with van der Waals surface area (Å²) in [4.78, 5) is 12.2. The molecular weight excluding hydrogens is 390 g/mol. The van der Waals surface area contributed by atoms with Gasteiger partial charge in [0.05, 0.1) is 6.42 Å². The molecule has 1 aromatic heterocycles. The molecule has 0 saturated heterocycles. The molecule has 0 radical (unpaired) electrons. The molecule has 0 aliphatic carbocycles. The Balaban J connectivity index is 1.31. The van der Waals surface area contributed by atoms with Crippen LogP contribution >= 0.6 is 0 Å². The first kappa shape index (κ1) is 20.3. The number of hydrogen-bond donors (Lipinski definition) is 1. The summed E-state index contributed by atoms with van der Waals surface area (Å²) in [5.41, 5.74) is 4.77. The Hall–Kier alpha value is -3.93. The maximum atomic E-state index is 12.2. The van der Waals surface area contributed by atoms with Crippen molar-refractivity contribution in [1.82, 2.24) is 10.2 Å². The van der Waals surface area contributed by atoms with Gasteiger partial charge in [-0.3, -0.25) is 4.79 Å². The summed E-state index contributed by atoms with van der Waals surface area (Å²) < 4.78 is 11.4. The van der Waals surface area contributed by atoms with Crippen LogP contribution in [0.3, 0.4) is 0 Å². The van der Waals surface area contributed by atoms with Gasteiger partial charge in [-0.1, -0.05) is 42.5 Å². The summed E-state index contributed by atoms with van der Waals surface area (Å²) >= 11 is 0. The standard InChI is InChI=1S/C25H23N3O3/c1-17-7-6-10-22(18(17)2)30-16-23(29)26-21-13-11-19(12-14-21)15-24-27-28-25(31-24)20-8-4-3-5-9-20/h3-14H,15-16H2,1-2H3,(H,26,29). The molecule has 156 valence electrons. The van der Waals surface area contributed by atoms with Crippen molar-refractivity contribution in [2.75, 3.05) is 11.9 Å². The Morgan fingerprint density at radius 3 is 2.48 bits per heavy atom. The van der Waals surface area contributed by atoms with Crippen molar-refractivity contribution < 1.29 is 13.9 Å². The number of hydrogen-bond acceptors (Lipinski definition) is 5. The number of carbonyl (C=O) groups excluding carboxylic acids is 1. The molecule has 0 saturated carbocycles. The summed E-state index contributed by atoms with van der Waals surface area (Å²) in [5, 5.41) is 11.1. The normalized spacial score (nSPS) is 10.6. The van der Waals surface area contributed by atoms with Crippen molar-refractivity contribution in [3.05, 3.63) is 95.4 Å². The summed E-state index contributed by atoms with van der Waals surface area (Å²) in [7, 11) is 0. The Morgan fingerprint density at radius 1 is 0.935 bits per heavy atom. The van der Waals surface area contributed by atoms with Crippen molar-refractivity contribution in [3.8, 4) is 17.2 Å². The summed E-state index contributed by atoms with van der Waals surface area (Å²) in [6, 6.07) is 23.0. The third-order valence-corrected chi connectivity index (χ3v) is 4.99. The van der Waals surface area contributed by atoms with Crippen LogP contribution in [0.5, 0.6) is 5.75 Å². The minimum absolute atomic E-state index is 0.0453. The molecule has 0 aliphatic rings. The fourth-order valence-corrected chi connectivity index (χ4v) is 3.12. The van der Waals surface area contributed by atoms with Crippen LogP contribution in [0.25, 0.3) is 11.5 Å². The average Bonchev–Trinajstić information content (AvgIpc) is 3.25. The first-order chi connectivity index (χ1) is 15.1. The fraction of sp³-hybridized carbons (Fsp3) is 0.160. The number of anilines is 1. The van der Waals surface area contributed by atoms with Crippen LogP contribution in [0.2, 0.25) is 0 Å². The molecular formula is C25H23N3O3. The molecule has 0 unspecified atom stereocenters. The maximum Gasteiger partial charge on any atom is 0.262 e. The number of aryl methyl sites for hydroxylation is 1. The molecule has 4 aromatic rings. The fourth-order valence-electron chi connectivity index (χ4n) is 3.12. The Morgan fingerprint density at radius 2 is 1.71 bits per heavy atom. The highest BCUT2D eigenvalue weighted by Gasteiger charge is 2.10. The maximum absolute atomic E-state index is 12.2. The lowest BCUT2D eigenvalue weighted by Crippen LogP contribution is -2.20. The predicted octanol–water partition coefficient (Wildman–Crippen LogP) is 4.96. The highest BCUT2D eigenvalue weighted by atomic mass is 16.5. The van der Waals surface area contributed by atoms with E-state index in [1.807, 2.05) is 86.6 Å². The van der Waals surface area contributed by atoms with Crippen molar-refractivity contribution in [1.29, 1.82) is 0 Å². The van der Waals surface area contributed by atoms with Gasteiger partial charge < -0.3 is 14.5 Å². The Labute approximate surface area is 180 Å². The highest BCUT2D eigenvalue weighted by molar-refractivity contribution is 5.91. The molecule has 31 heavy (non-hydrogen) atoms. The van der Waals surface area contributed by atoms with Crippen LogP contribution < -0.4 is 10.1 Å². The number of carbonyl (C=O) groups is 1. The molecule has 0 aliphatic heterocycles. The lowest BCUT2D eigenvalue weighted by Gasteiger charge is -2.11. The smallest absolute Gasteiger partial charge is 0.262 e. The topological polar surface area (TPSA) is 77.2 Å². The minimum Gasteiger partial charge on any atom is -0.483 e. The van der Waals surface area contributed by atoms with Crippen LogP contribution in [0.15, 0.2) is 77.2 Å². The van der Waals surface area contributed by atoms with Gasteiger partial charge in [0.25, 0.3) is 5.91 Å². The van der Waals surface area contributed by atoms with Gasteiger partial charge in [-0.2, -0.15) is 0 Å². The molecule has 4 rings (SSSR count). The number of nitrogens with one attached hydrogen (secondary N) is 1.